The Balaban J connectivity index is 1.80. The molecule has 0 aromatic rings. The van der Waals surface area contributed by atoms with E-state index in [-0.39, 0.29) is 5.41 Å². The van der Waals surface area contributed by atoms with Gasteiger partial charge >= 0.3 is 0 Å². The third kappa shape index (κ3) is 2.04. The van der Waals surface area contributed by atoms with Crippen molar-refractivity contribution < 1.29 is 0 Å². The minimum atomic E-state index is 0.222. The largest absolute Gasteiger partial charge is 0.0740 e. The molecule has 3 saturated carbocycles. The molecule has 0 saturated heterocycles. The van der Waals surface area contributed by atoms with E-state index in [1.165, 1.54) is 56.9 Å². The van der Waals surface area contributed by atoms with Crippen molar-refractivity contribution in [2.24, 2.45) is 39.9 Å². The molecule has 24 heavy (non-hydrogen) atoms. The standard InChI is InChI=1S/C24H38/c1-17-14-15-23(4,16-17)22(2,3)24(5)20-12-8-6-10-18(20)19-11-7-9-13-21(19)24/h14-16,18-21H,6-13H2,1-5H3. The molecule has 0 bridgehead atoms. The zero-order valence-electron chi connectivity index (χ0n) is 16.7. The minimum Gasteiger partial charge on any atom is -0.0740 e. The van der Waals surface area contributed by atoms with Gasteiger partial charge in [-0.25, -0.2) is 0 Å². The van der Waals surface area contributed by atoms with E-state index in [1.54, 1.807) is 0 Å². The van der Waals surface area contributed by atoms with Crippen LogP contribution in [0.25, 0.3) is 0 Å². The second-order valence-electron chi connectivity index (χ2n) is 10.5. The molecule has 5 unspecified atom stereocenters. The predicted molar refractivity (Wildman–Crippen MR) is 104 cm³/mol. The summed E-state index contributed by atoms with van der Waals surface area (Å²) in [6.45, 7) is 12.8. The molecule has 4 aliphatic rings. The lowest BCUT2D eigenvalue weighted by molar-refractivity contribution is -0.0720. The Morgan fingerprint density at radius 3 is 1.83 bits per heavy atom. The Hall–Kier alpha value is -0.520. The molecule has 4 rings (SSSR count). The van der Waals surface area contributed by atoms with Gasteiger partial charge in [0.1, 0.15) is 0 Å². The lowest BCUT2D eigenvalue weighted by atomic mass is 9.46. The fourth-order valence-electron chi connectivity index (χ4n) is 7.88. The number of rotatable bonds is 2. The molecule has 134 valence electrons. The first-order chi connectivity index (χ1) is 11.3. The molecule has 3 fully saturated rings. The Kier molecular flexibility index (Phi) is 3.87. The van der Waals surface area contributed by atoms with Crippen LogP contribution in [-0.2, 0) is 0 Å². The summed E-state index contributed by atoms with van der Waals surface area (Å²) in [6.07, 6.45) is 19.5. The number of fused-ring (bicyclic) bond motifs is 3. The highest BCUT2D eigenvalue weighted by Crippen LogP contribution is 2.72. The van der Waals surface area contributed by atoms with E-state index < -0.39 is 0 Å². The molecular formula is C24H38. The number of hydrogen-bond donors (Lipinski definition) is 0. The molecule has 4 aliphatic carbocycles. The van der Waals surface area contributed by atoms with Crippen LogP contribution in [0.5, 0.6) is 0 Å². The first kappa shape index (κ1) is 16.9. The molecule has 0 radical (unpaired) electrons. The van der Waals surface area contributed by atoms with Crippen LogP contribution in [0.2, 0.25) is 0 Å². The summed E-state index contributed by atoms with van der Waals surface area (Å²) in [7, 11) is 0. The Labute approximate surface area is 150 Å². The van der Waals surface area contributed by atoms with Gasteiger partial charge in [0.25, 0.3) is 0 Å². The van der Waals surface area contributed by atoms with Crippen LogP contribution >= 0.6 is 0 Å². The van der Waals surface area contributed by atoms with Gasteiger partial charge in [-0.1, -0.05) is 77.2 Å². The van der Waals surface area contributed by atoms with Crippen molar-refractivity contribution in [1.82, 2.24) is 0 Å². The quantitative estimate of drug-likeness (QED) is 0.504. The normalized spacial score (nSPS) is 48.1. The van der Waals surface area contributed by atoms with Gasteiger partial charge in [-0.15, -0.1) is 0 Å². The summed E-state index contributed by atoms with van der Waals surface area (Å²) in [4.78, 5) is 0. The van der Waals surface area contributed by atoms with Gasteiger partial charge < -0.3 is 0 Å². The highest BCUT2D eigenvalue weighted by Gasteiger charge is 2.65. The first-order valence-electron chi connectivity index (χ1n) is 10.7. The molecule has 0 aromatic heterocycles. The predicted octanol–water partition coefficient (Wildman–Crippen LogP) is 7.17. The summed E-state index contributed by atoms with van der Waals surface area (Å²) in [6, 6.07) is 0. The van der Waals surface area contributed by atoms with E-state index >= 15 is 0 Å². The second kappa shape index (κ2) is 5.49. The van der Waals surface area contributed by atoms with Gasteiger partial charge in [0.05, 0.1) is 0 Å². The molecule has 0 spiro atoms. The summed E-state index contributed by atoms with van der Waals surface area (Å²) in [5.74, 6) is 4.00. The maximum absolute atomic E-state index is 2.73. The second-order valence-corrected chi connectivity index (χ2v) is 10.5. The number of allylic oxidation sites excluding steroid dienone is 4. The van der Waals surface area contributed by atoms with Crippen LogP contribution in [0.3, 0.4) is 0 Å². The van der Waals surface area contributed by atoms with Crippen molar-refractivity contribution in [2.45, 2.75) is 86.0 Å². The summed E-state index contributed by atoms with van der Waals surface area (Å²) >= 11 is 0. The van der Waals surface area contributed by atoms with Crippen molar-refractivity contribution in [3.63, 3.8) is 0 Å². The van der Waals surface area contributed by atoms with Crippen LogP contribution in [0.15, 0.2) is 23.8 Å². The summed E-state index contributed by atoms with van der Waals surface area (Å²) in [5, 5.41) is 0. The van der Waals surface area contributed by atoms with E-state index in [0.717, 1.165) is 23.7 Å². The molecule has 0 aromatic carbocycles. The minimum absolute atomic E-state index is 0.222. The van der Waals surface area contributed by atoms with Gasteiger partial charge in [0.15, 0.2) is 0 Å². The van der Waals surface area contributed by atoms with E-state index in [0.29, 0.717) is 10.8 Å². The lowest BCUT2D eigenvalue weighted by Crippen LogP contribution is -2.52. The molecule has 0 heterocycles. The monoisotopic (exact) mass is 326 g/mol. The topological polar surface area (TPSA) is 0 Å². The van der Waals surface area contributed by atoms with Gasteiger partial charge in [0.2, 0.25) is 0 Å². The average Bonchev–Trinajstić information content (AvgIpc) is 3.06. The van der Waals surface area contributed by atoms with Gasteiger partial charge in [-0.05, 0) is 67.1 Å². The molecule has 0 aliphatic heterocycles. The van der Waals surface area contributed by atoms with Crippen LogP contribution in [0.4, 0.5) is 0 Å². The van der Waals surface area contributed by atoms with Gasteiger partial charge in [0, 0.05) is 5.41 Å². The third-order valence-electron chi connectivity index (χ3n) is 9.64. The highest BCUT2D eigenvalue weighted by molar-refractivity contribution is 5.35. The van der Waals surface area contributed by atoms with Crippen LogP contribution in [0.1, 0.15) is 86.0 Å². The SMILES string of the molecule is CC1=CC(C)(C(C)(C)C2(C)C3CCCCC3C3CCCCC32)C=C1. The third-order valence-corrected chi connectivity index (χ3v) is 9.64. The zero-order chi connectivity index (χ0) is 17.2. The van der Waals surface area contributed by atoms with Gasteiger partial charge in [-0.2, -0.15) is 0 Å². The van der Waals surface area contributed by atoms with Gasteiger partial charge in [-0.3, -0.25) is 0 Å². The summed E-state index contributed by atoms with van der Waals surface area (Å²) < 4.78 is 0. The van der Waals surface area contributed by atoms with E-state index in [2.05, 4.69) is 52.8 Å². The molecule has 0 amide bonds. The highest BCUT2D eigenvalue weighted by atomic mass is 14.7. The average molecular weight is 327 g/mol. The Morgan fingerprint density at radius 1 is 0.875 bits per heavy atom. The Bertz CT molecular complexity index is 541. The number of hydrogen-bond acceptors (Lipinski definition) is 0. The van der Waals surface area contributed by atoms with Crippen molar-refractivity contribution in [2.75, 3.05) is 0 Å². The van der Waals surface area contributed by atoms with Crippen molar-refractivity contribution in [3.8, 4) is 0 Å². The van der Waals surface area contributed by atoms with Crippen LogP contribution in [-0.4, -0.2) is 0 Å². The van der Waals surface area contributed by atoms with Crippen molar-refractivity contribution in [3.05, 3.63) is 23.8 Å². The maximum Gasteiger partial charge on any atom is 0.00980 e. The van der Waals surface area contributed by atoms with Crippen LogP contribution < -0.4 is 0 Å². The molecule has 0 N–H and O–H groups in total. The van der Waals surface area contributed by atoms with Crippen molar-refractivity contribution >= 4 is 0 Å². The molecular weight excluding hydrogens is 288 g/mol. The van der Waals surface area contributed by atoms with E-state index in [4.69, 9.17) is 0 Å². The fourth-order valence-corrected chi connectivity index (χ4v) is 7.88. The summed E-state index contributed by atoms with van der Waals surface area (Å²) in [5.41, 5.74) is 2.50. The Morgan fingerprint density at radius 2 is 1.38 bits per heavy atom. The van der Waals surface area contributed by atoms with E-state index in [1.807, 2.05) is 0 Å². The van der Waals surface area contributed by atoms with E-state index in [9.17, 15) is 0 Å². The zero-order valence-corrected chi connectivity index (χ0v) is 16.7. The van der Waals surface area contributed by atoms with Crippen LogP contribution in [0, 0.1) is 39.9 Å². The molecule has 0 nitrogen and oxygen atoms in total. The molecule has 5 atom stereocenters. The molecule has 0 heteroatoms. The first-order valence-corrected chi connectivity index (χ1v) is 10.7. The fraction of sp³-hybridized carbons (Fsp3) is 0.833. The smallest absolute Gasteiger partial charge is 0.00980 e. The van der Waals surface area contributed by atoms with Crippen molar-refractivity contribution in [1.29, 1.82) is 0 Å². The lowest BCUT2D eigenvalue weighted by Gasteiger charge is -2.58. The maximum atomic E-state index is 2.73.